The number of alkyl halides is 6. The number of hydrogen-bond acceptors (Lipinski definition) is 0. The predicted molar refractivity (Wildman–Crippen MR) is 192 cm³/mol. The molecule has 0 radical (unpaired) electrons. The van der Waals surface area contributed by atoms with Gasteiger partial charge in [0, 0.05) is 5.02 Å². The van der Waals surface area contributed by atoms with E-state index >= 15 is 0 Å². The number of aryl methyl sites for hydroxylation is 2. The molecular weight excluding hydrogens is 665 g/mol. The van der Waals surface area contributed by atoms with Gasteiger partial charge in [-0.05, 0) is 89.6 Å². The summed E-state index contributed by atoms with van der Waals surface area (Å²) in [5.74, 6) is 1.55. The summed E-state index contributed by atoms with van der Waals surface area (Å²) in [6, 6.07) is 24.2. The lowest BCUT2D eigenvalue weighted by Crippen LogP contribution is -2.06. The molecule has 0 unspecified atom stereocenters. The van der Waals surface area contributed by atoms with Crippen LogP contribution in [-0.2, 0) is 12.4 Å². The fourth-order valence-corrected chi connectivity index (χ4v) is 4.59. The highest BCUT2D eigenvalue weighted by Crippen LogP contribution is 2.36. The lowest BCUT2D eigenvalue weighted by Gasteiger charge is -2.11. The van der Waals surface area contributed by atoms with Crippen molar-refractivity contribution >= 4 is 23.2 Å². The van der Waals surface area contributed by atoms with Gasteiger partial charge in [0.2, 0.25) is 0 Å². The van der Waals surface area contributed by atoms with Gasteiger partial charge in [0.05, 0.1) is 16.1 Å². The number of hydrogen-bond donors (Lipinski definition) is 0. The molecule has 0 aliphatic carbocycles. The molecule has 0 aliphatic heterocycles. The van der Waals surface area contributed by atoms with E-state index in [0.717, 1.165) is 33.8 Å². The molecular formula is C40H48Cl2F6. The maximum Gasteiger partial charge on any atom is 0.417 e. The highest BCUT2D eigenvalue weighted by atomic mass is 35.5. The van der Waals surface area contributed by atoms with Gasteiger partial charge in [-0.15, -0.1) is 0 Å². The SMILES string of the molecule is CC(C)c1ccc(C(F)(F)F)c(Cl)c1.CC(C)c1cccc(C(F)(F)F)c1.Cc1cc(C(C)C)ccc1Cl.Cc1ccc(C(C)C)cc1. The van der Waals surface area contributed by atoms with E-state index in [4.69, 9.17) is 23.2 Å². The molecule has 48 heavy (non-hydrogen) atoms. The molecule has 0 bridgehead atoms. The second kappa shape index (κ2) is 19.3. The van der Waals surface area contributed by atoms with Gasteiger partial charge >= 0.3 is 12.4 Å². The predicted octanol–water partition coefficient (Wildman–Crippen LogP) is 15.2. The van der Waals surface area contributed by atoms with Crippen LogP contribution in [0, 0.1) is 13.8 Å². The van der Waals surface area contributed by atoms with Crippen LogP contribution >= 0.6 is 23.2 Å². The molecule has 0 aliphatic rings. The fourth-order valence-electron chi connectivity index (χ4n) is 4.17. The van der Waals surface area contributed by atoms with E-state index in [2.05, 4.69) is 71.0 Å². The minimum Gasteiger partial charge on any atom is -0.166 e. The van der Waals surface area contributed by atoms with Crippen molar-refractivity contribution in [3.63, 3.8) is 0 Å². The van der Waals surface area contributed by atoms with E-state index in [1.165, 1.54) is 41.0 Å². The first-order chi connectivity index (χ1) is 22.0. The van der Waals surface area contributed by atoms with Crippen molar-refractivity contribution in [1.29, 1.82) is 0 Å². The third kappa shape index (κ3) is 15.1. The smallest absolute Gasteiger partial charge is 0.166 e. The van der Waals surface area contributed by atoms with Crippen molar-refractivity contribution in [3.8, 4) is 0 Å². The number of rotatable bonds is 4. The van der Waals surface area contributed by atoms with Crippen molar-refractivity contribution < 1.29 is 26.3 Å². The van der Waals surface area contributed by atoms with Crippen molar-refractivity contribution in [2.24, 2.45) is 0 Å². The largest absolute Gasteiger partial charge is 0.417 e. The quantitative estimate of drug-likeness (QED) is 0.185. The molecule has 0 N–H and O–H groups in total. The molecule has 0 saturated carbocycles. The maximum absolute atomic E-state index is 12.3. The third-order valence-electron chi connectivity index (χ3n) is 7.44. The van der Waals surface area contributed by atoms with Crippen molar-refractivity contribution in [2.75, 3.05) is 0 Å². The molecule has 8 heteroatoms. The summed E-state index contributed by atoms with van der Waals surface area (Å²) in [5.41, 5.74) is 5.46. The zero-order chi connectivity index (χ0) is 37.0. The van der Waals surface area contributed by atoms with Gasteiger partial charge in [-0.25, -0.2) is 0 Å². The van der Waals surface area contributed by atoms with E-state index in [-0.39, 0.29) is 16.9 Å². The molecule has 0 fully saturated rings. The molecule has 4 rings (SSSR count). The minimum absolute atomic E-state index is 0.127. The first-order valence-electron chi connectivity index (χ1n) is 15.9. The summed E-state index contributed by atoms with van der Waals surface area (Å²) in [4.78, 5) is 0. The molecule has 0 amide bonds. The standard InChI is InChI=1S/C10H10ClF3.C10H13Cl.C10H11F3.C10H14/c1-6(2)7-3-4-8(9(11)5-7)10(12,13)14;1-7(2)9-4-5-10(11)8(3)6-9;1-7(2)8-4-3-5-9(6-8)10(11,12)13;1-8(2)10-6-4-9(3)5-7-10/h3-6H,1-2H3;4-7H,1-3H3;3-7H,1-2H3;4-8H,1-3H3. The van der Waals surface area contributed by atoms with Gasteiger partial charge in [-0.1, -0.05) is 145 Å². The lowest BCUT2D eigenvalue weighted by molar-refractivity contribution is -0.138. The van der Waals surface area contributed by atoms with Crippen LogP contribution < -0.4 is 0 Å². The molecule has 4 aromatic carbocycles. The highest BCUT2D eigenvalue weighted by Gasteiger charge is 2.33. The van der Waals surface area contributed by atoms with Gasteiger partial charge in [0.1, 0.15) is 0 Å². The van der Waals surface area contributed by atoms with E-state index in [0.29, 0.717) is 11.8 Å². The van der Waals surface area contributed by atoms with Gasteiger partial charge in [0.15, 0.2) is 0 Å². The zero-order valence-electron chi connectivity index (χ0n) is 29.4. The summed E-state index contributed by atoms with van der Waals surface area (Å²) in [6.07, 6.45) is -8.60. The summed E-state index contributed by atoms with van der Waals surface area (Å²) in [6.45, 7) is 20.5. The van der Waals surface area contributed by atoms with Gasteiger partial charge in [0.25, 0.3) is 0 Å². The van der Waals surface area contributed by atoms with Gasteiger partial charge < -0.3 is 0 Å². The Labute approximate surface area is 293 Å². The molecule has 0 spiro atoms. The van der Waals surface area contributed by atoms with Crippen LogP contribution in [0.25, 0.3) is 0 Å². The Hall–Kier alpha value is -2.96. The van der Waals surface area contributed by atoms with Crippen LogP contribution in [0.3, 0.4) is 0 Å². The Morgan fingerprint density at radius 1 is 0.458 bits per heavy atom. The van der Waals surface area contributed by atoms with Crippen LogP contribution in [0.1, 0.15) is 124 Å². The molecule has 4 aromatic rings. The monoisotopic (exact) mass is 712 g/mol. The molecule has 0 aromatic heterocycles. The average Bonchev–Trinajstić information content (AvgIpc) is 2.98. The molecule has 0 nitrogen and oxygen atoms in total. The Morgan fingerprint density at radius 3 is 1.31 bits per heavy atom. The third-order valence-corrected chi connectivity index (χ3v) is 8.18. The van der Waals surface area contributed by atoms with Crippen LogP contribution in [0.2, 0.25) is 10.0 Å². The summed E-state index contributed by atoms with van der Waals surface area (Å²) in [7, 11) is 0. The Bertz CT molecular complexity index is 1530. The normalized spacial score (nSPS) is 11.5. The highest BCUT2D eigenvalue weighted by molar-refractivity contribution is 6.31. The van der Waals surface area contributed by atoms with Gasteiger partial charge in [-0.3, -0.25) is 0 Å². The van der Waals surface area contributed by atoms with Crippen LogP contribution in [-0.4, -0.2) is 0 Å². The van der Waals surface area contributed by atoms with Gasteiger partial charge in [-0.2, -0.15) is 26.3 Å². The molecule has 0 saturated heterocycles. The van der Waals surface area contributed by atoms with Crippen LogP contribution in [0.5, 0.6) is 0 Å². The first kappa shape index (κ1) is 43.1. The minimum atomic E-state index is -4.37. The average molecular weight is 714 g/mol. The maximum atomic E-state index is 12.3. The van der Waals surface area contributed by atoms with E-state index < -0.39 is 23.5 Å². The lowest BCUT2D eigenvalue weighted by atomic mass is 10.0. The van der Waals surface area contributed by atoms with Crippen molar-refractivity contribution in [1.82, 2.24) is 0 Å². The molecule has 264 valence electrons. The molecule has 0 heterocycles. The topological polar surface area (TPSA) is 0 Å². The van der Waals surface area contributed by atoms with E-state index in [1.807, 2.05) is 40.7 Å². The van der Waals surface area contributed by atoms with E-state index in [1.54, 1.807) is 6.07 Å². The van der Waals surface area contributed by atoms with Crippen molar-refractivity contribution in [2.45, 2.75) is 105 Å². The first-order valence-corrected chi connectivity index (χ1v) is 16.7. The fraction of sp³-hybridized carbons (Fsp3) is 0.400. The Morgan fingerprint density at radius 2 is 0.896 bits per heavy atom. The van der Waals surface area contributed by atoms with Crippen LogP contribution in [0.4, 0.5) is 26.3 Å². The zero-order valence-corrected chi connectivity index (χ0v) is 30.9. The Kier molecular flexibility index (Phi) is 17.3. The second-order valence-electron chi connectivity index (χ2n) is 12.9. The number of halogens is 8. The number of benzene rings is 4. The van der Waals surface area contributed by atoms with Crippen molar-refractivity contribution in [3.05, 3.63) is 139 Å². The second-order valence-corrected chi connectivity index (χ2v) is 13.7. The summed E-state index contributed by atoms with van der Waals surface area (Å²) >= 11 is 11.4. The Balaban J connectivity index is 0.000000322. The molecule has 0 atom stereocenters. The summed E-state index contributed by atoms with van der Waals surface area (Å²) < 4.78 is 73.6. The van der Waals surface area contributed by atoms with Crippen LogP contribution in [0.15, 0.2) is 84.9 Å². The van der Waals surface area contributed by atoms with E-state index in [9.17, 15) is 26.3 Å². The summed E-state index contributed by atoms with van der Waals surface area (Å²) in [5, 5.41) is 0.623.